The van der Waals surface area contributed by atoms with Crippen molar-refractivity contribution >= 4 is 36.5 Å². The van der Waals surface area contributed by atoms with Gasteiger partial charge < -0.3 is 15.5 Å². The maximum absolute atomic E-state index is 12.7. The van der Waals surface area contributed by atoms with E-state index in [1.54, 1.807) is 11.1 Å². The molecule has 5 nitrogen and oxygen atoms in total. The predicted molar refractivity (Wildman–Crippen MR) is 100.0 cm³/mol. The van der Waals surface area contributed by atoms with Crippen LogP contribution in [0.5, 0.6) is 0 Å². The summed E-state index contributed by atoms with van der Waals surface area (Å²) in [5.74, 6) is 0.837. The smallest absolute Gasteiger partial charge is 0.257 e. The average molecular weight is 363 g/mol. The molecule has 0 unspecified atom stereocenters. The molecule has 2 N–H and O–H groups in total. The highest BCUT2D eigenvalue weighted by Crippen LogP contribution is 2.24. The first-order valence-electron chi connectivity index (χ1n) is 7.60. The lowest BCUT2D eigenvalue weighted by atomic mass is 9.93. The number of halogens is 2. The predicted octanol–water partition coefficient (Wildman–Crippen LogP) is 2.58. The summed E-state index contributed by atoms with van der Waals surface area (Å²) in [5, 5.41) is 0. The van der Waals surface area contributed by atoms with Crippen LogP contribution in [0.15, 0.2) is 18.3 Å². The van der Waals surface area contributed by atoms with Crippen LogP contribution in [0.1, 0.15) is 37.0 Å². The van der Waals surface area contributed by atoms with Gasteiger partial charge in [-0.1, -0.05) is 13.8 Å². The molecular formula is C16H28Cl2N4O. The Morgan fingerprint density at radius 3 is 2.52 bits per heavy atom. The van der Waals surface area contributed by atoms with Gasteiger partial charge in [0.2, 0.25) is 0 Å². The van der Waals surface area contributed by atoms with E-state index < -0.39 is 0 Å². The van der Waals surface area contributed by atoms with Gasteiger partial charge >= 0.3 is 0 Å². The first-order chi connectivity index (χ1) is 9.94. The van der Waals surface area contributed by atoms with E-state index in [0.717, 1.165) is 18.9 Å². The highest BCUT2D eigenvalue weighted by atomic mass is 35.5. The third-order valence-corrected chi connectivity index (χ3v) is 3.99. The topological polar surface area (TPSA) is 62.5 Å². The number of aromatic nitrogens is 1. The molecule has 0 spiro atoms. The van der Waals surface area contributed by atoms with E-state index in [2.05, 4.69) is 23.7 Å². The Morgan fingerprint density at radius 2 is 1.96 bits per heavy atom. The molecule has 0 atom stereocenters. The van der Waals surface area contributed by atoms with Crippen LogP contribution in [0, 0.1) is 5.41 Å². The van der Waals surface area contributed by atoms with E-state index in [0.29, 0.717) is 18.7 Å². The van der Waals surface area contributed by atoms with Crippen LogP contribution in [0.3, 0.4) is 0 Å². The Hall–Kier alpha value is -1.04. The number of rotatable bonds is 5. The summed E-state index contributed by atoms with van der Waals surface area (Å²) >= 11 is 0. The normalized spacial score (nSPS) is 14.0. The van der Waals surface area contributed by atoms with E-state index in [9.17, 15) is 4.79 Å². The van der Waals surface area contributed by atoms with Crippen LogP contribution in [0.2, 0.25) is 0 Å². The minimum absolute atomic E-state index is 0. The van der Waals surface area contributed by atoms with Gasteiger partial charge in [0.15, 0.2) is 0 Å². The van der Waals surface area contributed by atoms with Gasteiger partial charge in [-0.25, -0.2) is 4.98 Å². The molecule has 1 aromatic heterocycles. The number of anilines is 1. The Balaban J connectivity index is 0.00000242. The fraction of sp³-hybridized carbons (Fsp3) is 0.625. The molecule has 2 heterocycles. The van der Waals surface area contributed by atoms with Crippen LogP contribution in [-0.4, -0.2) is 49.0 Å². The highest BCUT2D eigenvalue weighted by molar-refractivity contribution is 5.98. The summed E-state index contributed by atoms with van der Waals surface area (Å²) in [6, 6.07) is 3.70. The van der Waals surface area contributed by atoms with Gasteiger partial charge in [-0.2, -0.15) is 0 Å². The molecule has 1 aliphatic rings. The van der Waals surface area contributed by atoms with Crippen molar-refractivity contribution in [2.24, 2.45) is 11.1 Å². The molecule has 0 aromatic carbocycles. The number of carbonyl (C=O) groups is 1. The minimum atomic E-state index is -0.0829. The largest absolute Gasteiger partial charge is 0.356 e. The van der Waals surface area contributed by atoms with Crippen molar-refractivity contribution in [1.29, 1.82) is 0 Å². The molecule has 1 fully saturated rings. The molecule has 7 heteroatoms. The van der Waals surface area contributed by atoms with Crippen molar-refractivity contribution in [1.82, 2.24) is 9.88 Å². The summed E-state index contributed by atoms with van der Waals surface area (Å²) in [7, 11) is 1.83. The molecule has 1 aliphatic heterocycles. The second kappa shape index (κ2) is 9.30. The van der Waals surface area contributed by atoms with Gasteiger partial charge in [0.1, 0.15) is 5.82 Å². The number of amides is 1. The van der Waals surface area contributed by atoms with E-state index in [1.165, 1.54) is 12.8 Å². The molecule has 1 aromatic rings. The highest BCUT2D eigenvalue weighted by Gasteiger charge is 2.26. The standard InChI is InChI=1S/C16H26N4O.2ClH/c1-16(2,11-17)12-19(3)15(21)13-7-6-8-18-14(13)20-9-4-5-10-20;;/h6-8H,4-5,9-12,17H2,1-3H3;2*1H. The fourth-order valence-electron chi connectivity index (χ4n) is 2.73. The third kappa shape index (κ3) is 5.52. The van der Waals surface area contributed by atoms with E-state index in [1.807, 2.05) is 19.2 Å². The van der Waals surface area contributed by atoms with Crippen molar-refractivity contribution in [2.75, 3.05) is 38.1 Å². The van der Waals surface area contributed by atoms with Gasteiger partial charge in [0.05, 0.1) is 5.56 Å². The third-order valence-electron chi connectivity index (χ3n) is 3.99. The second-order valence-corrected chi connectivity index (χ2v) is 6.60. The number of hydrogen-bond donors (Lipinski definition) is 1. The maximum Gasteiger partial charge on any atom is 0.257 e. The van der Waals surface area contributed by atoms with E-state index >= 15 is 0 Å². The molecule has 0 saturated carbocycles. The molecule has 0 bridgehead atoms. The molecular weight excluding hydrogens is 335 g/mol. The maximum atomic E-state index is 12.7. The summed E-state index contributed by atoms with van der Waals surface area (Å²) in [4.78, 5) is 21.1. The van der Waals surface area contributed by atoms with E-state index in [-0.39, 0.29) is 36.1 Å². The Labute approximate surface area is 151 Å². The van der Waals surface area contributed by atoms with E-state index in [4.69, 9.17) is 5.73 Å². The van der Waals surface area contributed by atoms with Crippen molar-refractivity contribution in [2.45, 2.75) is 26.7 Å². The molecule has 2 rings (SSSR count). The molecule has 0 radical (unpaired) electrons. The summed E-state index contributed by atoms with van der Waals surface area (Å²) in [5.41, 5.74) is 6.37. The summed E-state index contributed by atoms with van der Waals surface area (Å²) in [6.07, 6.45) is 4.09. The monoisotopic (exact) mass is 362 g/mol. The molecule has 1 saturated heterocycles. The van der Waals surface area contributed by atoms with Crippen LogP contribution < -0.4 is 10.6 Å². The van der Waals surface area contributed by atoms with Gasteiger partial charge in [-0.05, 0) is 36.9 Å². The zero-order valence-corrected chi connectivity index (χ0v) is 15.8. The van der Waals surface area contributed by atoms with Crippen molar-refractivity contribution in [3.05, 3.63) is 23.9 Å². The van der Waals surface area contributed by atoms with Crippen LogP contribution in [0.25, 0.3) is 0 Å². The first kappa shape index (κ1) is 22.0. The average Bonchev–Trinajstić information content (AvgIpc) is 3.00. The Morgan fingerprint density at radius 1 is 1.35 bits per heavy atom. The number of pyridine rings is 1. The van der Waals surface area contributed by atoms with Gasteiger partial charge in [-0.3, -0.25) is 4.79 Å². The molecule has 23 heavy (non-hydrogen) atoms. The lowest BCUT2D eigenvalue weighted by Gasteiger charge is -2.30. The summed E-state index contributed by atoms with van der Waals surface area (Å²) in [6.45, 7) is 7.29. The minimum Gasteiger partial charge on any atom is -0.356 e. The Kier molecular flexibility index (Phi) is 8.88. The van der Waals surface area contributed by atoms with Crippen LogP contribution in [0.4, 0.5) is 5.82 Å². The van der Waals surface area contributed by atoms with Crippen LogP contribution in [-0.2, 0) is 0 Å². The quantitative estimate of drug-likeness (QED) is 0.874. The van der Waals surface area contributed by atoms with Crippen molar-refractivity contribution in [3.63, 3.8) is 0 Å². The Bertz CT molecular complexity index is 505. The first-order valence-corrected chi connectivity index (χ1v) is 7.60. The number of nitrogens with two attached hydrogens (primary N) is 1. The van der Waals surface area contributed by atoms with Gasteiger partial charge in [0.25, 0.3) is 5.91 Å². The summed E-state index contributed by atoms with van der Waals surface area (Å²) < 4.78 is 0. The number of hydrogen-bond acceptors (Lipinski definition) is 4. The SMILES string of the molecule is CN(CC(C)(C)CN)C(=O)c1cccnc1N1CCCC1.Cl.Cl. The van der Waals surface area contributed by atoms with Crippen molar-refractivity contribution < 1.29 is 4.79 Å². The van der Waals surface area contributed by atoms with Gasteiger partial charge in [-0.15, -0.1) is 24.8 Å². The zero-order chi connectivity index (χ0) is 15.5. The molecule has 1 amide bonds. The fourth-order valence-corrected chi connectivity index (χ4v) is 2.73. The van der Waals surface area contributed by atoms with Crippen molar-refractivity contribution in [3.8, 4) is 0 Å². The number of carbonyl (C=O) groups excluding carboxylic acids is 1. The van der Waals surface area contributed by atoms with Gasteiger partial charge in [0, 0.05) is 32.9 Å². The molecule has 0 aliphatic carbocycles. The molecule has 132 valence electrons. The van der Waals surface area contributed by atoms with Crippen LogP contribution >= 0.6 is 24.8 Å². The lowest BCUT2D eigenvalue weighted by Crippen LogP contribution is -2.40. The number of nitrogens with zero attached hydrogens (tertiary/aromatic N) is 3. The lowest BCUT2D eigenvalue weighted by molar-refractivity contribution is 0.0741. The second-order valence-electron chi connectivity index (χ2n) is 6.60. The zero-order valence-electron chi connectivity index (χ0n) is 14.1.